The van der Waals surface area contributed by atoms with Gasteiger partial charge in [0.15, 0.2) is 0 Å². The second-order valence-electron chi connectivity index (χ2n) is 6.83. The number of aryl methyl sites for hydroxylation is 3. The van der Waals surface area contributed by atoms with E-state index < -0.39 is 0 Å². The number of hydrogen-bond acceptors (Lipinski definition) is 4. The molecule has 0 atom stereocenters. The van der Waals surface area contributed by atoms with Gasteiger partial charge in [-0.3, -0.25) is 4.79 Å². The number of carbonyl (C=O) groups excluding carboxylic acids is 1. The molecule has 4 rings (SSSR count). The number of nitrogens with zero attached hydrogens (tertiary/aromatic N) is 3. The van der Waals surface area contributed by atoms with Crippen molar-refractivity contribution in [2.24, 2.45) is 0 Å². The first-order valence-corrected chi connectivity index (χ1v) is 10.3. The van der Waals surface area contributed by atoms with Crippen molar-refractivity contribution in [2.75, 3.05) is 5.32 Å². The Morgan fingerprint density at radius 1 is 1.14 bits per heavy atom. The molecule has 2 heterocycles. The van der Waals surface area contributed by atoms with Crippen molar-refractivity contribution in [2.45, 2.75) is 20.8 Å². The van der Waals surface area contributed by atoms with E-state index in [1.54, 1.807) is 28.2 Å². The van der Waals surface area contributed by atoms with Crippen LogP contribution in [0.3, 0.4) is 0 Å². The molecule has 0 aliphatic heterocycles. The maximum atomic E-state index is 12.5. The number of nitrogens with one attached hydrogen (secondary N) is 1. The van der Waals surface area contributed by atoms with E-state index in [4.69, 9.17) is 16.6 Å². The van der Waals surface area contributed by atoms with Crippen LogP contribution >= 0.6 is 22.9 Å². The van der Waals surface area contributed by atoms with Gasteiger partial charge in [0.2, 0.25) is 11.0 Å². The van der Waals surface area contributed by atoms with E-state index >= 15 is 0 Å². The maximum absolute atomic E-state index is 12.5. The van der Waals surface area contributed by atoms with Crippen LogP contribution in [0.4, 0.5) is 5.82 Å². The quantitative estimate of drug-likeness (QED) is 0.428. The molecule has 4 aromatic rings. The minimum absolute atomic E-state index is 0.265. The molecular formula is C22H19ClN4OS. The lowest BCUT2D eigenvalue weighted by Gasteiger charge is -2.04. The van der Waals surface area contributed by atoms with E-state index in [2.05, 4.69) is 36.4 Å². The van der Waals surface area contributed by atoms with Gasteiger partial charge in [-0.25, -0.2) is 4.98 Å². The van der Waals surface area contributed by atoms with Crippen molar-refractivity contribution >= 4 is 51.0 Å². The van der Waals surface area contributed by atoms with Gasteiger partial charge in [-0.05, 0) is 61.7 Å². The van der Waals surface area contributed by atoms with E-state index in [1.807, 2.05) is 31.2 Å². The Bertz CT molecular complexity index is 1220. The van der Waals surface area contributed by atoms with Crippen molar-refractivity contribution in [3.8, 4) is 5.13 Å². The molecule has 146 valence electrons. The van der Waals surface area contributed by atoms with E-state index in [0.29, 0.717) is 16.0 Å². The number of rotatable bonds is 4. The molecule has 5 nitrogen and oxygen atoms in total. The smallest absolute Gasteiger partial charge is 0.249 e. The molecule has 1 amide bonds. The summed E-state index contributed by atoms with van der Waals surface area (Å²) in [7, 11) is 0. The van der Waals surface area contributed by atoms with Crippen LogP contribution in [0, 0.1) is 20.8 Å². The van der Waals surface area contributed by atoms with E-state index in [9.17, 15) is 4.79 Å². The van der Waals surface area contributed by atoms with E-state index in [0.717, 1.165) is 21.5 Å². The first kappa shape index (κ1) is 19.4. The molecule has 2 aromatic carbocycles. The number of anilines is 1. The van der Waals surface area contributed by atoms with Gasteiger partial charge in [-0.1, -0.05) is 41.1 Å². The Morgan fingerprint density at radius 2 is 1.90 bits per heavy atom. The predicted molar refractivity (Wildman–Crippen MR) is 120 cm³/mol. The fourth-order valence-corrected chi connectivity index (χ4v) is 4.15. The molecule has 0 saturated carbocycles. The summed E-state index contributed by atoms with van der Waals surface area (Å²) in [6.07, 6.45) is 3.15. The fraction of sp³-hybridized carbons (Fsp3) is 0.136. The van der Waals surface area contributed by atoms with Crippen LogP contribution in [0.25, 0.3) is 21.4 Å². The van der Waals surface area contributed by atoms with Crippen LogP contribution in [0.15, 0.2) is 48.5 Å². The second kappa shape index (κ2) is 7.81. The first-order chi connectivity index (χ1) is 13.9. The zero-order valence-corrected chi connectivity index (χ0v) is 17.8. The number of hydrogen-bond donors (Lipinski definition) is 1. The van der Waals surface area contributed by atoms with Gasteiger partial charge >= 0.3 is 0 Å². The molecule has 0 aliphatic rings. The van der Waals surface area contributed by atoms with Gasteiger partial charge in [0.1, 0.15) is 5.82 Å². The van der Waals surface area contributed by atoms with Gasteiger partial charge in [0.05, 0.1) is 15.9 Å². The minimum Gasteiger partial charge on any atom is -0.307 e. The summed E-state index contributed by atoms with van der Waals surface area (Å²) in [5, 5.41) is 8.70. The zero-order chi connectivity index (χ0) is 20.5. The molecule has 0 saturated heterocycles. The van der Waals surface area contributed by atoms with Crippen molar-refractivity contribution in [3.05, 3.63) is 75.9 Å². The molecule has 0 spiro atoms. The van der Waals surface area contributed by atoms with Crippen LogP contribution in [0.2, 0.25) is 5.02 Å². The standard InChI is InChI=1S/C22H19ClN4OS/c1-13-10-18-19(11-14(13)2)29-22(24-18)27-20(12-15(3)26-27)25-21(28)9-8-16-6-4-5-7-17(16)23/h4-12H,1-3H3,(H,25,28)/b9-8+. The van der Waals surface area contributed by atoms with Gasteiger partial charge < -0.3 is 5.32 Å². The lowest BCUT2D eigenvalue weighted by Crippen LogP contribution is -2.12. The van der Waals surface area contributed by atoms with Gasteiger partial charge in [-0.2, -0.15) is 9.78 Å². The van der Waals surface area contributed by atoms with E-state index in [-0.39, 0.29) is 5.91 Å². The van der Waals surface area contributed by atoms with Gasteiger partial charge in [-0.15, -0.1) is 0 Å². The highest BCUT2D eigenvalue weighted by molar-refractivity contribution is 7.20. The van der Waals surface area contributed by atoms with Crippen molar-refractivity contribution in [1.82, 2.24) is 14.8 Å². The highest BCUT2D eigenvalue weighted by Crippen LogP contribution is 2.29. The average molecular weight is 423 g/mol. The Balaban J connectivity index is 1.62. The minimum atomic E-state index is -0.265. The third-order valence-electron chi connectivity index (χ3n) is 4.58. The Kier molecular flexibility index (Phi) is 5.22. The van der Waals surface area contributed by atoms with Crippen molar-refractivity contribution in [1.29, 1.82) is 0 Å². The average Bonchev–Trinajstić information content (AvgIpc) is 3.24. The first-order valence-electron chi connectivity index (χ1n) is 9.09. The predicted octanol–water partition coefficient (Wildman–Crippen LogP) is 5.71. The highest BCUT2D eigenvalue weighted by atomic mass is 35.5. The van der Waals surface area contributed by atoms with Crippen LogP contribution in [-0.4, -0.2) is 20.7 Å². The Hall–Kier alpha value is -2.96. The highest BCUT2D eigenvalue weighted by Gasteiger charge is 2.14. The number of carbonyl (C=O) groups is 1. The second-order valence-corrected chi connectivity index (χ2v) is 8.24. The number of aromatic nitrogens is 3. The lowest BCUT2D eigenvalue weighted by molar-refractivity contribution is -0.111. The summed E-state index contributed by atoms with van der Waals surface area (Å²) < 4.78 is 2.76. The molecule has 7 heteroatoms. The molecule has 29 heavy (non-hydrogen) atoms. The number of fused-ring (bicyclic) bond motifs is 1. The molecule has 0 unspecified atom stereocenters. The number of thiazole rings is 1. The summed E-state index contributed by atoms with van der Waals surface area (Å²) >= 11 is 7.68. The summed E-state index contributed by atoms with van der Waals surface area (Å²) in [6, 6.07) is 13.4. The van der Waals surface area contributed by atoms with Crippen LogP contribution < -0.4 is 5.32 Å². The van der Waals surface area contributed by atoms with Gasteiger partial charge in [0.25, 0.3) is 0 Å². The Labute approximate surface area is 177 Å². The molecule has 0 bridgehead atoms. The topological polar surface area (TPSA) is 59.8 Å². The van der Waals surface area contributed by atoms with Gasteiger partial charge in [0, 0.05) is 17.2 Å². The summed E-state index contributed by atoms with van der Waals surface area (Å²) in [5.74, 6) is 0.308. The monoisotopic (exact) mass is 422 g/mol. The molecule has 0 aliphatic carbocycles. The SMILES string of the molecule is Cc1cc(NC(=O)/C=C/c2ccccc2Cl)n(-c2nc3cc(C)c(C)cc3s2)n1. The maximum Gasteiger partial charge on any atom is 0.249 e. The third-order valence-corrected chi connectivity index (χ3v) is 5.91. The van der Waals surface area contributed by atoms with Crippen molar-refractivity contribution in [3.63, 3.8) is 0 Å². The largest absolute Gasteiger partial charge is 0.307 e. The lowest BCUT2D eigenvalue weighted by atomic mass is 10.1. The summed E-state index contributed by atoms with van der Waals surface area (Å²) in [4.78, 5) is 17.2. The summed E-state index contributed by atoms with van der Waals surface area (Å²) in [6.45, 7) is 6.04. The zero-order valence-electron chi connectivity index (χ0n) is 16.2. The fourth-order valence-electron chi connectivity index (χ4n) is 2.94. The third kappa shape index (κ3) is 4.09. The van der Waals surface area contributed by atoms with E-state index in [1.165, 1.54) is 17.2 Å². The molecule has 1 N–H and O–H groups in total. The molecule has 2 aromatic heterocycles. The normalized spacial score (nSPS) is 11.4. The molecular weight excluding hydrogens is 404 g/mol. The Morgan fingerprint density at radius 3 is 2.69 bits per heavy atom. The van der Waals surface area contributed by atoms with Crippen LogP contribution in [0.5, 0.6) is 0 Å². The summed E-state index contributed by atoms with van der Waals surface area (Å²) in [5.41, 5.74) is 4.93. The van der Waals surface area contributed by atoms with Crippen LogP contribution in [0.1, 0.15) is 22.4 Å². The molecule has 0 fully saturated rings. The number of benzene rings is 2. The van der Waals surface area contributed by atoms with Crippen LogP contribution in [-0.2, 0) is 4.79 Å². The molecule has 0 radical (unpaired) electrons. The number of amides is 1. The van der Waals surface area contributed by atoms with Crippen molar-refractivity contribution < 1.29 is 4.79 Å². The number of halogens is 1.